The summed E-state index contributed by atoms with van der Waals surface area (Å²) in [6, 6.07) is 18.0. The van der Waals surface area contributed by atoms with Gasteiger partial charge in [0.25, 0.3) is 0 Å². The molecule has 8 heteroatoms. The summed E-state index contributed by atoms with van der Waals surface area (Å²) in [7, 11) is 0. The molecule has 0 unspecified atom stereocenters. The largest absolute Gasteiger partial charge is 0.378 e. The fraction of sp³-hybridized carbons (Fsp3) is 0.273. The average Bonchev–Trinajstić information content (AvgIpc) is 2.80. The van der Waals surface area contributed by atoms with Crippen LogP contribution >= 0.6 is 0 Å². The Balaban J connectivity index is 1.60. The first-order valence-electron chi connectivity index (χ1n) is 9.95. The van der Waals surface area contributed by atoms with Crippen molar-refractivity contribution >= 4 is 29.2 Å². The van der Waals surface area contributed by atoms with Crippen LogP contribution in [0.15, 0.2) is 59.7 Å². The minimum absolute atomic E-state index is 0.386. The summed E-state index contributed by atoms with van der Waals surface area (Å²) >= 11 is 0. The van der Waals surface area contributed by atoms with Gasteiger partial charge in [-0.2, -0.15) is 20.1 Å². The molecular formula is C22H25N7O. The normalized spacial score (nSPS) is 14.5. The number of morpholine rings is 1. The number of hydrogen-bond acceptors (Lipinski definition) is 8. The van der Waals surface area contributed by atoms with Crippen LogP contribution in [-0.4, -0.2) is 47.0 Å². The van der Waals surface area contributed by atoms with Crippen LogP contribution in [-0.2, 0) is 4.74 Å². The highest BCUT2D eigenvalue weighted by molar-refractivity contribution is 5.98. The van der Waals surface area contributed by atoms with Gasteiger partial charge >= 0.3 is 0 Å². The van der Waals surface area contributed by atoms with E-state index in [-0.39, 0.29) is 0 Å². The maximum Gasteiger partial charge on any atom is 0.250 e. The predicted molar refractivity (Wildman–Crippen MR) is 120 cm³/mol. The molecule has 154 valence electrons. The Hall–Kier alpha value is -3.52. The Morgan fingerprint density at radius 3 is 2.37 bits per heavy atom. The second kappa shape index (κ2) is 9.32. The van der Waals surface area contributed by atoms with Crippen LogP contribution < -0.4 is 15.6 Å². The Kier molecular flexibility index (Phi) is 6.14. The molecule has 0 spiro atoms. The number of ether oxygens (including phenoxy) is 1. The van der Waals surface area contributed by atoms with Gasteiger partial charge in [-0.25, -0.2) is 5.43 Å². The lowest BCUT2D eigenvalue weighted by atomic mass is 10.1. The smallest absolute Gasteiger partial charge is 0.250 e. The van der Waals surface area contributed by atoms with E-state index in [0.29, 0.717) is 31.1 Å². The molecule has 0 amide bonds. The third-order valence-corrected chi connectivity index (χ3v) is 4.74. The van der Waals surface area contributed by atoms with Gasteiger partial charge in [0.15, 0.2) is 0 Å². The summed E-state index contributed by atoms with van der Waals surface area (Å²) in [4.78, 5) is 15.8. The molecule has 1 aliphatic rings. The zero-order valence-electron chi connectivity index (χ0n) is 17.2. The van der Waals surface area contributed by atoms with Crippen LogP contribution in [0.4, 0.5) is 23.5 Å². The Morgan fingerprint density at radius 2 is 1.63 bits per heavy atom. The van der Waals surface area contributed by atoms with Crippen molar-refractivity contribution < 1.29 is 4.74 Å². The summed E-state index contributed by atoms with van der Waals surface area (Å²) < 4.78 is 5.45. The number of anilines is 4. The Morgan fingerprint density at radius 1 is 0.933 bits per heavy atom. The Bertz CT molecular complexity index is 1000. The van der Waals surface area contributed by atoms with Crippen molar-refractivity contribution in [3.63, 3.8) is 0 Å². The van der Waals surface area contributed by atoms with Crippen molar-refractivity contribution in [2.24, 2.45) is 5.10 Å². The van der Waals surface area contributed by atoms with Gasteiger partial charge in [0.1, 0.15) is 0 Å². The van der Waals surface area contributed by atoms with Crippen LogP contribution in [0, 0.1) is 6.92 Å². The molecule has 1 aliphatic heterocycles. The lowest BCUT2D eigenvalue weighted by Crippen LogP contribution is -2.37. The lowest BCUT2D eigenvalue weighted by Gasteiger charge is -2.27. The second-order valence-electron chi connectivity index (χ2n) is 7.05. The van der Waals surface area contributed by atoms with Gasteiger partial charge in [0.2, 0.25) is 17.8 Å². The van der Waals surface area contributed by atoms with Crippen LogP contribution in [0.3, 0.4) is 0 Å². The van der Waals surface area contributed by atoms with E-state index in [1.807, 2.05) is 61.5 Å². The highest BCUT2D eigenvalue weighted by Gasteiger charge is 2.17. The van der Waals surface area contributed by atoms with E-state index in [4.69, 9.17) is 4.74 Å². The van der Waals surface area contributed by atoms with Gasteiger partial charge in [-0.3, -0.25) is 0 Å². The zero-order chi connectivity index (χ0) is 20.8. The maximum atomic E-state index is 5.45. The molecule has 1 aromatic heterocycles. The molecule has 0 aliphatic carbocycles. The van der Waals surface area contributed by atoms with E-state index in [9.17, 15) is 0 Å². The molecule has 2 N–H and O–H groups in total. The van der Waals surface area contributed by atoms with Crippen molar-refractivity contribution in [2.75, 3.05) is 41.9 Å². The number of nitrogens with zero attached hydrogens (tertiary/aromatic N) is 5. The number of hydrogen-bond donors (Lipinski definition) is 2. The standard InChI is InChI=1S/C22H25N7O/c1-16-8-10-19(11-9-16)23-20-24-21(26-22(25-20)29-12-14-30-15-13-29)28-27-17(2)18-6-4-3-5-7-18/h3-11H,12-15H2,1-2H3,(H2,23,24,25,26,28)/b27-17-. The minimum atomic E-state index is 0.386. The van der Waals surface area contributed by atoms with Crippen LogP contribution in [0.1, 0.15) is 18.1 Å². The molecular weight excluding hydrogens is 378 g/mol. The SMILES string of the molecule is C/C(=N/Nc1nc(Nc2ccc(C)cc2)nc(N2CCOCC2)n1)c1ccccc1. The molecule has 4 rings (SSSR count). The molecule has 8 nitrogen and oxygen atoms in total. The third-order valence-electron chi connectivity index (χ3n) is 4.74. The summed E-state index contributed by atoms with van der Waals surface area (Å²) in [6.45, 7) is 6.77. The molecule has 1 saturated heterocycles. The first-order valence-corrected chi connectivity index (χ1v) is 9.95. The molecule has 0 saturated carbocycles. The van der Waals surface area contributed by atoms with Gasteiger partial charge in [-0.1, -0.05) is 48.0 Å². The molecule has 3 aromatic rings. The van der Waals surface area contributed by atoms with Gasteiger partial charge in [0, 0.05) is 18.8 Å². The van der Waals surface area contributed by atoms with Crippen molar-refractivity contribution in [3.05, 3.63) is 65.7 Å². The van der Waals surface area contributed by atoms with Gasteiger partial charge in [-0.05, 0) is 31.5 Å². The van der Waals surface area contributed by atoms with Crippen molar-refractivity contribution in [1.29, 1.82) is 0 Å². The first-order chi connectivity index (χ1) is 14.7. The highest BCUT2D eigenvalue weighted by atomic mass is 16.5. The van der Waals surface area contributed by atoms with E-state index in [0.717, 1.165) is 30.1 Å². The van der Waals surface area contributed by atoms with Crippen LogP contribution in [0.5, 0.6) is 0 Å². The van der Waals surface area contributed by atoms with Crippen molar-refractivity contribution in [2.45, 2.75) is 13.8 Å². The number of aromatic nitrogens is 3. The van der Waals surface area contributed by atoms with E-state index < -0.39 is 0 Å². The Labute approximate surface area is 176 Å². The minimum Gasteiger partial charge on any atom is -0.378 e. The van der Waals surface area contributed by atoms with E-state index in [1.54, 1.807) is 0 Å². The third kappa shape index (κ3) is 5.09. The topological polar surface area (TPSA) is 87.6 Å². The summed E-state index contributed by atoms with van der Waals surface area (Å²) in [5, 5.41) is 7.72. The molecule has 1 fully saturated rings. The summed E-state index contributed by atoms with van der Waals surface area (Å²) in [5.74, 6) is 1.44. The number of benzene rings is 2. The molecule has 2 aromatic carbocycles. The molecule has 30 heavy (non-hydrogen) atoms. The molecule has 0 bridgehead atoms. The van der Waals surface area contributed by atoms with E-state index >= 15 is 0 Å². The fourth-order valence-electron chi connectivity index (χ4n) is 3.02. The van der Waals surface area contributed by atoms with Crippen LogP contribution in [0.25, 0.3) is 0 Å². The van der Waals surface area contributed by atoms with Gasteiger partial charge in [0.05, 0.1) is 18.9 Å². The second-order valence-corrected chi connectivity index (χ2v) is 7.05. The maximum absolute atomic E-state index is 5.45. The predicted octanol–water partition coefficient (Wildman–Crippen LogP) is 3.60. The van der Waals surface area contributed by atoms with Crippen molar-refractivity contribution in [3.8, 4) is 0 Å². The number of hydrazone groups is 1. The first kappa shape index (κ1) is 19.8. The number of rotatable bonds is 6. The lowest BCUT2D eigenvalue weighted by molar-refractivity contribution is 0.122. The molecule has 0 atom stereocenters. The summed E-state index contributed by atoms with van der Waals surface area (Å²) in [5.41, 5.74) is 6.97. The van der Waals surface area contributed by atoms with E-state index in [2.05, 4.69) is 42.6 Å². The summed E-state index contributed by atoms with van der Waals surface area (Å²) in [6.07, 6.45) is 0. The zero-order valence-corrected chi connectivity index (χ0v) is 17.2. The monoisotopic (exact) mass is 403 g/mol. The molecule has 2 heterocycles. The van der Waals surface area contributed by atoms with E-state index in [1.165, 1.54) is 5.56 Å². The highest BCUT2D eigenvalue weighted by Crippen LogP contribution is 2.19. The van der Waals surface area contributed by atoms with Gasteiger partial charge < -0.3 is 15.0 Å². The fourth-order valence-corrected chi connectivity index (χ4v) is 3.02. The average molecular weight is 403 g/mol. The molecule has 0 radical (unpaired) electrons. The number of aryl methyl sites for hydroxylation is 1. The van der Waals surface area contributed by atoms with Crippen LogP contribution in [0.2, 0.25) is 0 Å². The van der Waals surface area contributed by atoms with Crippen molar-refractivity contribution in [1.82, 2.24) is 15.0 Å². The quantitative estimate of drug-likeness (QED) is 0.480. The number of nitrogens with one attached hydrogen (secondary N) is 2. The van der Waals surface area contributed by atoms with Gasteiger partial charge in [-0.15, -0.1) is 0 Å².